The van der Waals surface area contributed by atoms with Gasteiger partial charge in [0.1, 0.15) is 16.5 Å². The second-order valence-electron chi connectivity index (χ2n) is 8.45. The molecule has 0 spiro atoms. The molecule has 0 amide bonds. The Labute approximate surface area is 204 Å². The summed E-state index contributed by atoms with van der Waals surface area (Å²) >= 11 is 5.89. The number of rotatable bonds is 5. The zero-order valence-electron chi connectivity index (χ0n) is 19.2. The van der Waals surface area contributed by atoms with E-state index >= 15 is 0 Å². The molecule has 0 radical (unpaired) electrons. The van der Waals surface area contributed by atoms with Gasteiger partial charge in [0.25, 0.3) is 0 Å². The zero-order chi connectivity index (χ0) is 24.9. The largest absolute Gasteiger partial charge is 0.476 e. The number of fused-ring (bicyclic) bond motifs is 2. The summed E-state index contributed by atoms with van der Waals surface area (Å²) in [6.07, 6.45) is 1.78. The van der Waals surface area contributed by atoms with Gasteiger partial charge in [-0.25, -0.2) is 9.78 Å². The number of pyridine rings is 1. The number of nitrogens with one attached hydrogen (secondary N) is 1. The first-order valence-corrected chi connectivity index (χ1v) is 11.3. The Hall–Kier alpha value is -4.17. The van der Waals surface area contributed by atoms with E-state index in [4.69, 9.17) is 16.0 Å². The highest BCUT2D eigenvalue weighted by atomic mass is 35.5. The van der Waals surface area contributed by atoms with E-state index in [2.05, 4.69) is 15.4 Å². The van der Waals surface area contributed by atoms with Gasteiger partial charge in [-0.2, -0.15) is 5.10 Å². The summed E-state index contributed by atoms with van der Waals surface area (Å²) in [5.74, 6) is -0.766. The van der Waals surface area contributed by atoms with Gasteiger partial charge in [0, 0.05) is 29.6 Å². The van der Waals surface area contributed by atoms with E-state index in [-0.39, 0.29) is 16.3 Å². The quantitative estimate of drug-likeness (QED) is 0.311. The van der Waals surface area contributed by atoms with Gasteiger partial charge in [0.15, 0.2) is 11.1 Å². The smallest absolute Gasteiger partial charge is 0.356 e. The van der Waals surface area contributed by atoms with E-state index in [1.54, 1.807) is 23.0 Å². The number of nitrogens with zero attached hydrogens (tertiary/aromatic N) is 3. The van der Waals surface area contributed by atoms with E-state index in [0.29, 0.717) is 28.0 Å². The second-order valence-corrected chi connectivity index (χ2v) is 8.84. The van der Waals surface area contributed by atoms with Crippen molar-refractivity contribution in [1.29, 1.82) is 0 Å². The highest BCUT2D eigenvalue weighted by Crippen LogP contribution is 2.32. The van der Waals surface area contributed by atoms with Crippen LogP contribution in [0.4, 0.5) is 5.69 Å². The van der Waals surface area contributed by atoms with Crippen LogP contribution in [0.25, 0.3) is 33.2 Å². The lowest BCUT2D eigenvalue weighted by Gasteiger charge is -2.19. The van der Waals surface area contributed by atoms with Gasteiger partial charge in [0.05, 0.1) is 28.8 Å². The average molecular weight is 489 g/mol. The maximum atomic E-state index is 13.1. The number of anilines is 1. The fraction of sp³-hybridized carbons (Fsp3) is 0.154. The van der Waals surface area contributed by atoms with Crippen LogP contribution in [0.1, 0.15) is 34.6 Å². The minimum Gasteiger partial charge on any atom is -0.476 e. The molecule has 2 aromatic carbocycles. The first-order chi connectivity index (χ1) is 16.7. The summed E-state index contributed by atoms with van der Waals surface area (Å²) < 4.78 is 8.08. The molecule has 176 valence electrons. The van der Waals surface area contributed by atoms with Gasteiger partial charge in [-0.3, -0.25) is 9.48 Å². The Morgan fingerprint density at radius 3 is 2.74 bits per heavy atom. The molecule has 8 nitrogen and oxygen atoms in total. The van der Waals surface area contributed by atoms with E-state index < -0.39 is 12.0 Å². The van der Waals surface area contributed by atoms with Crippen LogP contribution in [0.15, 0.2) is 63.9 Å². The molecule has 0 aliphatic carbocycles. The SMILES string of the molecule is Cc1cc(C(C)Nc2ccc(Cl)nc2C(=O)O)c2oc(-c3ccc4cnn(C)c4c3)cc(=O)c2c1. The number of aryl methyl sites for hydroxylation is 2. The molecule has 9 heteroatoms. The Kier molecular flexibility index (Phi) is 5.53. The molecule has 3 heterocycles. The number of carboxylic acid groups (broad SMARTS) is 1. The Morgan fingerprint density at radius 2 is 1.97 bits per heavy atom. The zero-order valence-corrected chi connectivity index (χ0v) is 19.9. The normalized spacial score (nSPS) is 12.2. The predicted octanol–water partition coefficient (Wildman–Crippen LogP) is 5.57. The van der Waals surface area contributed by atoms with Crippen molar-refractivity contribution in [2.45, 2.75) is 19.9 Å². The average Bonchev–Trinajstić information content (AvgIpc) is 3.20. The van der Waals surface area contributed by atoms with Crippen LogP contribution in [0.3, 0.4) is 0 Å². The number of hydrogen-bond acceptors (Lipinski definition) is 6. The van der Waals surface area contributed by atoms with Crippen molar-refractivity contribution < 1.29 is 14.3 Å². The third-order valence-electron chi connectivity index (χ3n) is 5.94. The van der Waals surface area contributed by atoms with Crippen LogP contribution in [0.2, 0.25) is 5.15 Å². The van der Waals surface area contributed by atoms with E-state index in [0.717, 1.165) is 22.0 Å². The van der Waals surface area contributed by atoms with Crippen LogP contribution in [0, 0.1) is 6.92 Å². The van der Waals surface area contributed by atoms with Crippen molar-refractivity contribution in [3.8, 4) is 11.3 Å². The van der Waals surface area contributed by atoms with Crippen LogP contribution >= 0.6 is 11.6 Å². The summed E-state index contributed by atoms with van der Waals surface area (Å²) in [6.45, 7) is 3.76. The first kappa shape index (κ1) is 22.6. The van der Waals surface area contributed by atoms with Crippen molar-refractivity contribution in [2.24, 2.45) is 7.05 Å². The van der Waals surface area contributed by atoms with Gasteiger partial charge < -0.3 is 14.8 Å². The van der Waals surface area contributed by atoms with Gasteiger partial charge in [0.2, 0.25) is 0 Å². The lowest BCUT2D eigenvalue weighted by Crippen LogP contribution is -2.13. The highest BCUT2D eigenvalue weighted by Gasteiger charge is 2.20. The second kappa shape index (κ2) is 8.56. The monoisotopic (exact) mass is 488 g/mol. The molecule has 0 aliphatic rings. The fourth-order valence-electron chi connectivity index (χ4n) is 4.22. The molecule has 1 unspecified atom stereocenters. The molecule has 3 aromatic heterocycles. The third kappa shape index (κ3) is 4.13. The molecule has 0 bridgehead atoms. The number of aromatic nitrogens is 3. The lowest BCUT2D eigenvalue weighted by atomic mass is 10.0. The molecular weight excluding hydrogens is 468 g/mol. The summed E-state index contributed by atoms with van der Waals surface area (Å²) in [6, 6.07) is 13.6. The standard InChI is InChI=1S/C26H21ClN4O4/c1-13-8-17(14(2)29-19-6-7-23(27)30-24(19)26(33)34)25-18(9-13)21(32)11-22(35-25)15-4-5-16-12-28-31(3)20(16)10-15/h4-12,14,29H,1-3H3,(H,33,34). The predicted molar refractivity (Wildman–Crippen MR) is 135 cm³/mol. The summed E-state index contributed by atoms with van der Waals surface area (Å²) in [5.41, 5.74) is 3.65. The van der Waals surface area contributed by atoms with Crippen LogP contribution in [-0.4, -0.2) is 25.8 Å². The van der Waals surface area contributed by atoms with Gasteiger partial charge in [-0.15, -0.1) is 0 Å². The van der Waals surface area contributed by atoms with Crippen molar-refractivity contribution in [3.05, 3.63) is 86.9 Å². The van der Waals surface area contributed by atoms with Crippen LogP contribution in [0.5, 0.6) is 0 Å². The van der Waals surface area contributed by atoms with Crippen molar-refractivity contribution >= 4 is 45.1 Å². The Morgan fingerprint density at radius 1 is 1.17 bits per heavy atom. The lowest BCUT2D eigenvalue weighted by molar-refractivity contribution is 0.0691. The highest BCUT2D eigenvalue weighted by molar-refractivity contribution is 6.29. The number of hydrogen-bond donors (Lipinski definition) is 2. The van der Waals surface area contributed by atoms with Crippen molar-refractivity contribution in [2.75, 3.05) is 5.32 Å². The summed E-state index contributed by atoms with van der Waals surface area (Å²) in [7, 11) is 1.86. The molecule has 5 aromatic rings. The van der Waals surface area contributed by atoms with E-state index in [1.165, 1.54) is 12.1 Å². The van der Waals surface area contributed by atoms with E-state index in [9.17, 15) is 14.7 Å². The number of benzene rings is 2. The summed E-state index contributed by atoms with van der Waals surface area (Å²) in [5, 5.41) is 18.5. The minimum atomic E-state index is -1.20. The number of aromatic carboxylic acids is 1. The first-order valence-electron chi connectivity index (χ1n) is 10.9. The van der Waals surface area contributed by atoms with Gasteiger partial charge in [-0.05, 0) is 43.7 Å². The maximum absolute atomic E-state index is 13.1. The van der Waals surface area contributed by atoms with Crippen molar-refractivity contribution in [1.82, 2.24) is 14.8 Å². The van der Waals surface area contributed by atoms with Gasteiger partial charge in [-0.1, -0.05) is 29.8 Å². The fourth-order valence-corrected chi connectivity index (χ4v) is 4.37. The molecule has 0 saturated heterocycles. The molecule has 0 fully saturated rings. The molecule has 5 rings (SSSR count). The Balaban J connectivity index is 1.64. The van der Waals surface area contributed by atoms with Gasteiger partial charge >= 0.3 is 5.97 Å². The number of carboxylic acids is 1. The molecule has 35 heavy (non-hydrogen) atoms. The molecule has 0 aliphatic heterocycles. The third-order valence-corrected chi connectivity index (χ3v) is 6.15. The molecule has 0 saturated carbocycles. The minimum absolute atomic E-state index is 0.0858. The molecule has 2 N–H and O–H groups in total. The van der Waals surface area contributed by atoms with Crippen molar-refractivity contribution in [3.63, 3.8) is 0 Å². The van der Waals surface area contributed by atoms with E-state index in [1.807, 2.05) is 45.2 Å². The van der Waals surface area contributed by atoms with Crippen LogP contribution in [-0.2, 0) is 7.05 Å². The topological polar surface area (TPSA) is 110 Å². The molecular formula is C26H21ClN4O4. The number of carbonyl (C=O) groups is 1. The Bertz CT molecular complexity index is 1690. The summed E-state index contributed by atoms with van der Waals surface area (Å²) in [4.78, 5) is 28.7. The number of halogens is 1. The molecule has 1 atom stereocenters. The maximum Gasteiger partial charge on any atom is 0.356 e. The van der Waals surface area contributed by atoms with Crippen LogP contribution < -0.4 is 10.7 Å².